The summed E-state index contributed by atoms with van der Waals surface area (Å²) in [5, 5.41) is 11.4. The average Bonchev–Trinajstić information content (AvgIpc) is 2.26. The number of halogens is 1. The van der Waals surface area contributed by atoms with E-state index in [-0.39, 0.29) is 6.61 Å². The molecule has 4 nitrogen and oxygen atoms in total. The zero-order valence-electron chi connectivity index (χ0n) is 8.94. The standard InChI is InChI=1S/C11H14BrNO3/c1-13-10(11(14)15)7-16-6-8-2-4-9(12)5-3-8/h2-5,10,13H,6-7H2,1H3,(H,14,15). The minimum absolute atomic E-state index is 0.155. The maximum absolute atomic E-state index is 10.7. The second-order valence-electron chi connectivity index (χ2n) is 3.32. The van der Waals surface area contributed by atoms with Crippen LogP contribution < -0.4 is 5.32 Å². The summed E-state index contributed by atoms with van der Waals surface area (Å²) in [6, 6.07) is 7.05. The van der Waals surface area contributed by atoms with Gasteiger partial charge in [-0.1, -0.05) is 28.1 Å². The number of carboxylic acid groups (broad SMARTS) is 1. The zero-order chi connectivity index (χ0) is 12.0. The molecule has 1 aromatic carbocycles. The van der Waals surface area contributed by atoms with E-state index < -0.39 is 12.0 Å². The van der Waals surface area contributed by atoms with Gasteiger partial charge in [-0.15, -0.1) is 0 Å². The molecule has 16 heavy (non-hydrogen) atoms. The number of ether oxygens (including phenoxy) is 1. The molecular formula is C11H14BrNO3. The van der Waals surface area contributed by atoms with Crippen LogP contribution >= 0.6 is 15.9 Å². The minimum atomic E-state index is -0.904. The van der Waals surface area contributed by atoms with Crippen LogP contribution in [0.15, 0.2) is 28.7 Å². The number of carboxylic acids is 1. The monoisotopic (exact) mass is 287 g/mol. The lowest BCUT2D eigenvalue weighted by atomic mass is 10.2. The van der Waals surface area contributed by atoms with Crippen molar-refractivity contribution in [2.24, 2.45) is 0 Å². The van der Waals surface area contributed by atoms with Gasteiger partial charge in [-0.3, -0.25) is 4.79 Å². The molecule has 5 heteroatoms. The molecule has 0 spiro atoms. The van der Waals surface area contributed by atoms with Gasteiger partial charge in [0.25, 0.3) is 0 Å². The topological polar surface area (TPSA) is 58.6 Å². The van der Waals surface area contributed by atoms with Gasteiger partial charge in [0.15, 0.2) is 0 Å². The first-order valence-corrected chi connectivity index (χ1v) is 5.65. The molecule has 1 atom stereocenters. The van der Waals surface area contributed by atoms with E-state index in [0.29, 0.717) is 6.61 Å². The van der Waals surface area contributed by atoms with Gasteiger partial charge in [0, 0.05) is 4.47 Å². The lowest BCUT2D eigenvalue weighted by Crippen LogP contribution is -2.37. The van der Waals surface area contributed by atoms with Crippen LogP contribution in [-0.4, -0.2) is 30.8 Å². The highest BCUT2D eigenvalue weighted by Gasteiger charge is 2.14. The van der Waals surface area contributed by atoms with Crippen molar-refractivity contribution in [1.29, 1.82) is 0 Å². The fourth-order valence-electron chi connectivity index (χ4n) is 1.15. The quantitative estimate of drug-likeness (QED) is 0.835. The molecule has 0 aliphatic heterocycles. The molecule has 2 N–H and O–H groups in total. The molecule has 1 unspecified atom stereocenters. The molecule has 0 amide bonds. The predicted octanol–water partition coefficient (Wildman–Crippen LogP) is 1.64. The van der Waals surface area contributed by atoms with E-state index in [2.05, 4.69) is 21.2 Å². The maximum atomic E-state index is 10.7. The first kappa shape index (κ1) is 13.2. The van der Waals surface area contributed by atoms with Gasteiger partial charge >= 0.3 is 5.97 Å². The summed E-state index contributed by atoms with van der Waals surface area (Å²) in [4.78, 5) is 10.7. The second kappa shape index (κ2) is 6.62. The molecule has 0 aliphatic rings. The number of rotatable bonds is 6. The number of benzene rings is 1. The minimum Gasteiger partial charge on any atom is -0.480 e. The van der Waals surface area contributed by atoms with E-state index in [9.17, 15) is 4.79 Å². The molecule has 0 aromatic heterocycles. The van der Waals surface area contributed by atoms with Gasteiger partial charge < -0.3 is 15.2 Å². The SMILES string of the molecule is CNC(COCc1ccc(Br)cc1)C(=O)O. The number of likely N-dealkylation sites (N-methyl/N-ethyl adjacent to an activating group) is 1. The van der Waals surface area contributed by atoms with E-state index in [0.717, 1.165) is 10.0 Å². The van der Waals surface area contributed by atoms with Crippen molar-refractivity contribution in [1.82, 2.24) is 5.32 Å². The van der Waals surface area contributed by atoms with Crippen molar-refractivity contribution in [3.63, 3.8) is 0 Å². The summed E-state index contributed by atoms with van der Waals surface area (Å²) in [6.07, 6.45) is 0. The summed E-state index contributed by atoms with van der Waals surface area (Å²) in [7, 11) is 1.60. The second-order valence-corrected chi connectivity index (χ2v) is 4.24. The number of hydrogen-bond donors (Lipinski definition) is 2. The molecule has 0 bridgehead atoms. The van der Waals surface area contributed by atoms with Crippen LogP contribution in [0, 0.1) is 0 Å². The van der Waals surface area contributed by atoms with Crippen molar-refractivity contribution >= 4 is 21.9 Å². The number of aliphatic carboxylic acids is 1. The molecular weight excluding hydrogens is 274 g/mol. The summed E-state index contributed by atoms with van der Waals surface area (Å²) in [5.74, 6) is -0.904. The van der Waals surface area contributed by atoms with Crippen LogP contribution in [0.5, 0.6) is 0 Å². The summed E-state index contributed by atoms with van der Waals surface area (Å²) < 4.78 is 6.32. The highest BCUT2D eigenvalue weighted by molar-refractivity contribution is 9.10. The number of hydrogen-bond acceptors (Lipinski definition) is 3. The fraction of sp³-hybridized carbons (Fsp3) is 0.364. The van der Waals surface area contributed by atoms with Crippen molar-refractivity contribution in [2.45, 2.75) is 12.6 Å². The maximum Gasteiger partial charge on any atom is 0.323 e. The molecule has 0 aliphatic carbocycles. The Labute approximate surface area is 103 Å². The predicted molar refractivity (Wildman–Crippen MR) is 64.3 cm³/mol. The van der Waals surface area contributed by atoms with Gasteiger partial charge in [-0.05, 0) is 24.7 Å². The van der Waals surface area contributed by atoms with E-state index >= 15 is 0 Å². The van der Waals surface area contributed by atoms with Crippen molar-refractivity contribution in [2.75, 3.05) is 13.7 Å². The smallest absolute Gasteiger partial charge is 0.323 e. The highest BCUT2D eigenvalue weighted by Crippen LogP contribution is 2.11. The Balaban J connectivity index is 2.35. The van der Waals surface area contributed by atoms with Gasteiger partial charge in [-0.2, -0.15) is 0 Å². The van der Waals surface area contributed by atoms with Crippen LogP contribution in [0.2, 0.25) is 0 Å². The number of carbonyl (C=O) groups is 1. The first-order chi connectivity index (χ1) is 7.63. The first-order valence-electron chi connectivity index (χ1n) is 4.85. The largest absolute Gasteiger partial charge is 0.480 e. The molecule has 0 heterocycles. The van der Waals surface area contributed by atoms with Gasteiger partial charge in [0.2, 0.25) is 0 Å². The Bertz CT molecular complexity index is 340. The van der Waals surface area contributed by atoms with Gasteiger partial charge in [0.05, 0.1) is 13.2 Å². The van der Waals surface area contributed by atoms with E-state index in [1.807, 2.05) is 24.3 Å². The summed E-state index contributed by atoms with van der Waals surface area (Å²) in [5.41, 5.74) is 1.02. The highest BCUT2D eigenvalue weighted by atomic mass is 79.9. The Morgan fingerprint density at radius 2 is 2.12 bits per heavy atom. The fourth-order valence-corrected chi connectivity index (χ4v) is 1.42. The molecule has 0 saturated heterocycles. The lowest BCUT2D eigenvalue weighted by Gasteiger charge is -2.11. The lowest BCUT2D eigenvalue weighted by molar-refractivity contribution is -0.141. The zero-order valence-corrected chi connectivity index (χ0v) is 10.5. The van der Waals surface area contributed by atoms with Crippen LogP contribution in [0.1, 0.15) is 5.56 Å². The summed E-state index contributed by atoms with van der Waals surface area (Å²) >= 11 is 3.34. The Morgan fingerprint density at radius 1 is 1.50 bits per heavy atom. The third-order valence-electron chi connectivity index (χ3n) is 2.11. The van der Waals surface area contributed by atoms with Crippen molar-refractivity contribution in [3.8, 4) is 0 Å². The van der Waals surface area contributed by atoms with Crippen molar-refractivity contribution < 1.29 is 14.6 Å². The van der Waals surface area contributed by atoms with Crippen LogP contribution in [0.25, 0.3) is 0 Å². The van der Waals surface area contributed by atoms with E-state index in [4.69, 9.17) is 9.84 Å². The molecule has 0 fully saturated rings. The van der Waals surface area contributed by atoms with Crippen LogP contribution in [0.4, 0.5) is 0 Å². The molecule has 0 saturated carbocycles. The van der Waals surface area contributed by atoms with Crippen molar-refractivity contribution in [3.05, 3.63) is 34.3 Å². The van der Waals surface area contributed by atoms with E-state index in [1.165, 1.54) is 0 Å². The van der Waals surface area contributed by atoms with Gasteiger partial charge in [-0.25, -0.2) is 0 Å². The van der Waals surface area contributed by atoms with Crippen LogP contribution in [0.3, 0.4) is 0 Å². The van der Waals surface area contributed by atoms with Gasteiger partial charge in [0.1, 0.15) is 6.04 Å². The molecule has 1 rings (SSSR count). The number of nitrogens with one attached hydrogen (secondary N) is 1. The van der Waals surface area contributed by atoms with E-state index in [1.54, 1.807) is 7.05 Å². The third-order valence-corrected chi connectivity index (χ3v) is 2.64. The Morgan fingerprint density at radius 3 is 2.62 bits per heavy atom. The normalized spacial score (nSPS) is 12.4. The molecule has 88 valence electrons. The third kappa shape index (κ3) is 4.30. The summed E-state index contributed by atoms with van der Waals surface area (Å²) in [6.45, 7) is 0.570. The van der Waals surface area contributed by atoms with Crippen LogP contribution in [-0.2, 0) is 16.1 Å². The average molecular weight is 288 g/mol. The Kier molecular flexibility index (Phi) is 5.45. The molecule has 1 aromatic rings. The molecule has 0 radical (unpaired) electrons. The Hall–Kier alpha value is -0.910.